The van der Waals surface area contributed by atoms with Crippen molar-refractivity contribution in [1.29, 1.82) is 0 Å². The third kappa shape index (κ3) is 26.9. The Bertz CT molecular complexity index is 3370. The number of hydrogen-bond acceptors (Lipinski definition) is 14. The summed E-state index contributed by atoms with van der Waals surface area (Å²) in [5, 5.41) is -9.11. The Morgan fingerprint density at radius 3 is 0.874 bits per heavy atom. The van der Waals surface area contributed by atoms with Gasteiger partial charge in [-0.1, -0.05) is 145 Å². The molecule has 1 N–H and O–H groups in total. The molecule has 28 heteroatoms. The van der Waals surface area contributed by atoms with Crippen molar-refractivity contribution < 1.29 is 118 Å². The zero-order valence-electron chi connectivity index (χ0n) is 46.1. The summed E-state index contributed by atoms with van der Waals surface area (Å²) in [4.78, 5) is 31.9. The molecule has 0 saturated carbocycles. The molecular formula is C59H53F7NaO13S7+. The fourth-order valence-corrected chi connectivity index (χ4v) is 12.3. The molecular weight excluding hydrogens is 1300 g/mol. The van der Waals surface area contributed by atoms with Gasteiger partial charge >= 0.3 is 67.6 Å². The van der Waals surface area contributed by atoms with E-state index in [1.54, 1.807) is 60.7 Å². The summed E-state index contributed by atoms with van der Waals surface area (Å²) >= 11 is 2.09. The molecule has 0 aliphatic rings. The molecule has 0 amide bonds. The van der Waals surface area contributed by atoms with E-state index in [0.29, 0.717) is 0 Å². The van der Waals surface area contributed by atoms with Crippen molar-refractivity contribution in [2.24, 2.45) is 0 Å². The number of carbonyl (C=O) groups excluding carboxylic acids is 2. The third-order valence-corrected chi connectivity index (χ3v) is 19.2. The van der Waals surface area contributed by atoms with Gasteiger partial charge in [-0.05, 0) is 111 Å². The molecule has 0 atom stereocenters. The number of rotatable bonds is 18. The minimum Gasteiger partial charge on any atom is -0.743 e. The third-order valence-electron chi connectivity index (χ3n) is 10.5. The van der Waals surface area contributed by atoms with E-state index in [4.69, 9.17) is 17.5 Å². The molecule has 8 aromatic rings. The van der Waals surface area contributed by atoms with E-state index in [2.05, 4.69) is 193 Å². The van der Waals surface area contributed by atoms with Crippen LogP contribution in [0.5, 0.6) is 0 Å². The second kappa shape index (κ2) is 36.1. The van der Waals surface area contributed by atoms with Crippen LogP contribution < -0.4 is 29.6 Å². The van der Waals surface area contributed by atoms with Gasteiger partial charge in [-0.3, -0.25) is 14.1 Å². The maximum atomic E-state index is 12.7. The minimum atomic E-state index is -6.09. The van der Waals surface area contributed by atoms with Crippen LogP contribution in [0, 0.1) is 13.8 Å². The SMILES string of the molecule is Cc1ccc([S+](c2ccccc2)c2ccccc2)cc1.Cc1ccc([S+](c2ccccc2)c2ccccc2)cc1.O=C(CSc1ccccc1)OCC(F)(F)S(=O)(=O)O.O=C(CSc1ccccc1)OCC(F)(F)S(=O)(=O)[O-].O=S(=O)([O-])C(F)(F)F.[Na+]. The van der Waals surface area contributed by atoms with Crippen LogP contribution in [0.25, 0.3) is 0 Å². The Hall–Kier alpha value is -5.66. The van der Waals surface area contributed by atoms with Crippen molar-refractivity contribution in [3.63, 3.8) is 0 Å². The van der Waals surface area contributed by atoms with Gasteiger partial charge in [0.15, 0.2) is 62.8 Å². The van der Waals surface area contributed by atoms with Crippen molar-refractivity contribution in [3.05, 3.63) is 242 Å². The Morgan fingerprint density at radius 2 is 0.644 bits per heavy atom. The molecule has 0 aromatic heterocycles. The van der Waals surface area contributed by atoms with E-state index >= 15 is 0 Å². The summed E-state index contributed by atoms with van der Waals surface area (Å²) in [6.07, 6.45) is 0. The van der Waals surface area contributed by atoms with Crippen LogP contribution in [0.1, 0.15) is 11.1 Å². The average Bonchev–Trinajstić information content (AvgIpc) is 3.41. The fraction of sp³-hybridized carbons (Fsp3) is 0.153. The monoisotopic (exact) mass is 1350 g/mol. The number of hydrogen-bond donors (Lipinski definition) is 1. The summed E-state index contributed by atoms with van der Waals surface area (Å²) in [7, 11) is -17.6. The Morgan fingerprint density at radius 1 is 0.414 bits per heavy atom. The van der Waals surface area contributed by atoms with Crippen LogP contribution in [0.3, 0.4) is 0 Å². The predicted molar refractivity (Wildman–Crippen MR) is 316 cm³/mol. The molecule has 0 unspecified atom stereocenters. The summed E-state index contributed by atoms with van der Waals surface area (Å²) in [6, 6.07) is 78.1. The summed E-state index contributed by atoms with van der Waals surface area (Å²) in [6.45, 7) is 0.785. The number of alkyl halides is 7. The smallest absolute Gasteiger partial charge is 0.743 e. The van der Waals surface area contributed by atoms with Crippen molar-refractivity contribution in [2.45, 2.75) is 69.0 Å². The molecule has 0 bridgehead atoms. The summed E-state index contributed by atoms with van der Waals surface area (Å²) in [5.74, 6) is -2.54. The summed E-state index contributed by atoms with van der Waals surface area (Å²) in [5.41, 5.74) is -3.04. The number of thioether (sulfide) groups is 2. The average molecular weight is 1350 g/mol. The molecule has 0 radical (unpaired) electrons. The van der Waals surface area contributed by atoms with Crippen LogP contribution >= 0.6 is 23.5 Å². The van der Waals surface area contributed by atoms with E-state index in [1.165, 1.54) is 40.5 Å². The van der Waals surface area contributed by atoms with Crippen molar-refractivity contribution in [1.82, 2.24) is 0 Å². The number of esters is 2. The minimum absolute atomic E-state index is 0. The van der Waals surface area contributed by atoms with Crippen molar-refractivity contribution >= 4 is 87.6 Å². The van der Waals surface area contributed by atoms with E-state index in [1.807, 2.05) is 0 Å². The van der Waals surface area contributed by atoms with Gasteiger partial charge in [0.25, 0.3) is 0 Å². The van der Waals surface area contributed by atoms with Gasteiger partial charge < -0.3 is 18.6 Å². The molecule has 0 spiro atoms. The molecule has 87 heavy (non-hydrogen) atoms. The number of benzene rings is 8. The van der Waals surface area contributed by atoms with Gasteiger partial charge in [0.1, 0.15) is 0 Å². The van der Waals surface area contributed by atoms with Crippen molar-refractivity contribution in [2.75, 3.05) is 24.7 Å². The molecule has 0 saturated heterocycles. The van der Waals surface area contributed by atoms with Gasteiger partial charge in [0, 0.05) is 9.79 Å². The van der Waals surface area contributed by atoms with Crippen LogP contribution in [-0.2, 0) is 71.2 Å². The number of carbonyl (C=O) groups is 2. The van der Waals surface area contributed by atoms with Gasteiger partial charge in [-0.25, -0.2) is 16.8 Å². The Kier molecular flexibility index (Phi) is 31.4. The van der Waals surface area contributed by atoms with Gasteiger partial charge in [0.2, 0.25) is 0 Å². The topological polar surface area (TPSA) is 221 Å². The second-order valence-corrected chi connectivity index (χ2v) is 27.7. The maximum absolute atomic E-state index is 12.7. The molecule has 458 valence electrons. The van der Waals surface area contributed by atoms with Gasteiger partial charge in [-0.2, -0.15) is 39.2 Å². The standard InChI is InChI=1S/2C19H17S.2C10H10F2O5S2.CHF3O3S.Na/c2*1-16-12-14-19(15-13-16)20(17-8-4-2-5-9-17)18-10-6-3-7-11-18;2*11-10(12,19(14,15)16)7-17-9(13)6-18-8-4-2-1-3-5-8;2-1(3,4)8(5,6)7;/h2*2-15H,1H3;2*1-5H,6-7H2,(H,14,15,16);(H,5,6,7);/q2*+1;;;;+1/p-2. The predicted octanol–water partition coefficient (Wildman–Crippen LogP) is 10.5. The number of ether oxygens (including phenoxy) is 2. The van der Waals surface area contributed by atoms with Gasteiger partial charge in [0.05, 0.1) is 33.3 Å². The number of halogens is 7. The van der Waals surface area contributed by atoms with Crippen LogP contribution in [0.2, 0.25) is 0 Å². The van der Waals surface area contributed by atoms with Crippen molar-refractivity contribution in [3.8, 4) is 0 Å². The van der Waals surface area contributed by atoms with E-state index in [0.717, 1.165) is 33.3 Å². The summed E-state index contributed by atoms with van der Waals surface area (Å²) < 4.78 is 177. The van der Waals surface area contributed by atoms with Crippen LogP contribution in [0.4, 0.5) is 30.7 Å². The molecule has 0 heterocycles. The zero-order valence-corrected chi connectivity index (χ0v) is 53.8. The molecule has 0 fully saturated rings. The molecule has 8 aromatic carbocycles. The quantitative estimate of drug-likeness (QED) is 0.0161. The molecule has 0 aliphatic heterocycles. The Balaban J connectivity index is 0.000000290. The first-order valence-electron chi connectivity index (χ1n) is 24.6. The second-order valence-electron chi connectivity index (χ2n) is 17.1. The number of aryl methyl sites for hydroxylation is 2. The van der Waals surface area contributed by atoms with Crippen LogP contribution in [-0.4, -0.2) is 91.6 Å². The first-order valence-corrected chi connectivity index (χ1v) is 33.3. The molecule has 13 nitrogen and oxygen atoms in total. The Labute approximate surface area is 536 Å². The normalized spacial score (nSPS) is 11.5. The molecule has 0 aliphatic carbocycles. The first kappa shape index (κ1) is 75.6. The fourth-order valence-electron chi connectivity index (χ4n) is 6.27. The largest absolute Gasteiger partial charge is 1.00 e. The zero-order chi connectivity index (χ0) is 63.6. The first-order chi connectivity index (χ1) is 40.4. The molecule has 8 rings (SSSR count). The van der Waals surface area contributed by atoms with Gasteiger partial charge in [-0.15, -0.1) is 23.5 Å². The van der Waals surface area contributed by atoms with E-state index < -0.39 is 71.5 Å². The van der Waals surface area contributed by atoms with E-state index in [-0.39, 0.29) is 62.9 Å². The maximum Gasteiger partial charge on any atom is 1.00 e. The van der Waals surface area contributed by atoms with E-state index in [9.17, 15) is 61.7 Å². The van der Waals surface area contributed by atoms with Crippen LogP contribution in [0.15, 0.2) is 270 Å².